The summed E-state index contributed by atoms with van der Waals surface area (Å²) in [4.78, 5) is 16.1. The Morgan fingerprint density at radius 3 is 2.83 bits per heavy atom. The first-order chi connectivity index (χ1) is 11.2. The number of anilines is 1. The van der Waals surface area contributed by atoms with Gasteiger partial charge in [0.25, 0.3) is 0 Å². The van der Waals surface area contributed by atoms with Crippen LogP contribution in [-0.2, 0) is 0 Å². The van der Waals surface area contributed by atoms with Crippen molar-refractivity contribution in [3.63, 3.8) is 0 Å². The summed E-state index contributed by atoms with van der Waals surface area (Å²) in [6.45, 7) is 2.86. The Morgan fingerprint density at radius 1 is 1.26 bits per heavy atom. The van der Waals surface area contributed by atoms with E-state index in [1.54, 1.807) is 6.20 Å². The number of piperidine rings is 1. The fourth-order valence-electron chi connectivity index (χ4n) is 3.88. The predicted octanol–water partition coefficient (Wildman–Crippen LogP) is 2.73. The average molecular weight is 310 g/mol. The van der Waals surface area contributed by atoms with Crippen LogP contribution in [0.4, 0.5) is 5.82 Å². The molecule has 4 rings (SSSR count). The van der Waals surface area contributed by atoms with E-state index in [0.29, 0.717) is 5.82 Å². The SMILES string of the molecule is Cc1cc(N2CCC(O)CC23CCC3)nc(-c2ccccn2)n1. The zero-order valence-corrected chi connectivity index (χ0v) is 13.4. The molecule has 2 aliphatic rings. The van der Waals surface area contributed by atoms with Crippen LogP contribution in [-0.4, -0.2) is 38.2 Å². The molecule has 1 aliphatic heterocycles. The Morgan fingerprint density at radius 2 is 2.13 bits per heavy atom. The Labute approximate surface area is 136 Å². The number of aliphatic hydroxyl groups excluding tert-OH is 1. The van der Waals surface area contributed by atoms with E-state index in [2.05, 4.69) is 20.9 Å². The monoisotopic (exact) mass is 310 g/mol. The second kappa shape index (κ2) is 5.57. The lowest BCUT2D eigenvalue weighted by Crippen LogP contribution is -2.59. The smallest absolute Gasteiger partial charge is 0.180 e. The number of rotatable bonds is 2. The number of pyridine rings is 1. The molecule has 1 saturated heterocycles. The van der Waals surface area contributed by atoms with Crippen LogP contribution in [0.2, 0.25) is 0 Å². The molecule has 120 valence electrons. The minimum atomic E-state index is -0.176. The first-order valence-electron chi connectivity index (χ1n) is 8.39. The summed E-state index contributed by atoms with van der Waals surface area (Å²) in [5.74, 6) is 1.66. The third-order valence-electron chi connectivity index (χ3n) is 5.17. The third-order valence-corrected chi connectivity index (χ3v) is 5.17. The van der Waals surface area contributed by atoms with Crippen molar-refractivity contribution in [2.24, 2.45) is 0 Å². The van der Waals surface area contributed by atoms with Crippen LogP contribution in [0.3, 0.4) is 0 Å². The van der Waals surface area contributed by atoms with Crippen molar-refractivity contribution in [1.82, 2.24) is 15.0 Å². The normalized spacial score (nSPS) is 22.9. The van der Waals surface area contributed by atoms with E-state index < -0.39 is 0 Å². The zero-order chi connectivity index (χ0) is 15.9. The number of aryl methyl sites for hydroxylation is 1. The number of aliphatic hydroxyl groups is 1. The number of aromatic nitrogens is 3. The highest BCUT2D eigenvalue weighted by Gasteiger charge is 2.47. The van der Waals surface area contributed by atoms with Gasteiger partial charge in [-0.3, -0.25) is 4.98 Å². The molecule has 1 atom stereocenters. The van der Waals surface area contributed by atoms with Gasteiger partial charge < -0.3 is 10.0 Å². The Kier molecular flexibility index (Phi) is 3.53. The molecule has 1 N–H and O–H groups in total. The van der Waals surface area contributed by atoms with E-state index in [9.17, 15) is 5.11 Å². The molecule has 1 spiro atoms. The van der Waals surface area contributed by atoms with Crippen molar-refractivity contribution in [3.8, 4) is 11.5 Å². The minimum absolute atomic E-state index is 0.0971. The van der Waals surface area contributed by atoms with E-state index in [0.717, 1.165) is 49.4 Å². The van der Waals surface area contributed by atoms with E-state index in [4.69, 9.17) is 4.98 Å². The largest absolute Gasteiger partial charge is 0.393 e. The van der Waals surface area contributed by atoms with Crippen LogP contribution in [0.1, 0.15) is 37.8 Å². The van der Waals surface area contributed by atoms with Gasteiger partial charge in [0.05, 0.1) is 6.10 Å². The van der Waals surface area contributed by atoms with Gasteiger partial charge in [-0.2, -0.15) is 0 Å². The zero-order valence-electron chi connectivity index (χ0n) is 13.4. The number of hydrogen-bond donors (Lipinski definition) is 1. The summed E-state index contributed by atoms with van der Waals surface area (Å²) < 4.78 is 0. The first kappa shape index (κ1) is 14.6. The van der Waals surface area contributed by atoms with Crippen LogP contribution < -0.4 is 4.90 Å². The van der Waals surface area contributed by atoms with Gasteiger partial charge in [0.15, 0.2) is 5.82 Å². The lowest BCUT2D eigenvalue weighted by atomic mass is 9.69. The molecule has 0 amide bonds. The van der Waals surface area contributed by atoms with Gasteiger partial charge in [0.2, 0.25) is 0 Å². The maximum Gasteiger partial charge on any atom is 0.180 e. The minimum Gasteiger partial charge on any atom is -0.393 e. The van der Waals surface area contributed by atoms with Gasteiger partial charge in [-0.25, -0.2) is 9.97 Å². The highest BCUT2D eigenvalue weighted by Crippen LogP contribution is 2.46. The third kappa shape index (κ3) is 2.59. The number of nitrogens with zero attached hydrogens (tertiary/aromatic N) is 4. The van der Waals surface area contributed by atoms with Crippen LogP contribution in [0.5, 0.6) is 0 Å². The lowest BCUT2D eigenvalue weighted by molar-refractivity contribution is 0.0603. The number of hydrogen-bond acceptors (Lipinski definition) is 5. The highest BCUT2D eigenvalue weighted by molar-refractivity contribution is 5.55. The predicted molar refractivity (Wildman–Crippen MR) is 89.2 cm³/mol. The van der Waals surface area contributed by atoms with Crippen molar-refractivity contribution in [1.29, 1.82) is 0 Å². The molecule has 0 bridgehead atoms. The van der Waals surface area contributed by atoms with E-state index >= 15 is 0 Å². The Hall–Kier alpha value is -2.01. The van der Waals surface area contributed by atoms with E-state index in [-0.39, 0.29) is 11.6 Å². The second-order valence-corrected chi connectivity index (χ2v) is 6.78. The summed E-state index contributed by atoms with van der Waals surface area (Å²) in [5, 5.41) is 10.1. The van der Waals surface area contributed by atoms with Crippen molar-refractivity contribution in [2.45, 2.75) is 50.7 Å². The molecular formula is C18H22N4O. The fourth-order valence-corrected chi connectivity index (χ4v) is 3.88. The maximum atomic E-state index is 10.1. The standard InChI is InChI=1S/C18H22N4O/c1-13-11-16(21-17(20-13)15-5-2-3-9-19-15)22-10-6-14(23)12-18(22)7-4-8-18/h2-3,5,9,11,14,23H,4,6-8,10,12H2,1H3. The fraction of sp³-hybridized carbons (Fsp3) is 0.500. The topological polar surface area (TPSA) is 62.1 Å². The molecule has 5 nitrogen and oxygen atoms in total. The molecule has 1 saturated carbocycles. The average Bonchev–Trinajstić information content (AvgIpc) is 2.53. The molecule has 0 aromatic carbocycles. The quantitative estimate of drug-likeness (QED) is 0.924. The van der Waals surface area contributed by atoms with Crippen LogP contribution in [0.25, 0.3) is 11.5 Å². The lowest BCUT2D eigenvalue weighted by Gasteiger charge is -2.55. The molecule has 23 heavy (non-hydrogen) atoms. The van der Waals surface area contributed by atoms with Gasteiger partial charge in [0, 0.05) is 30.0 Å². The van der Waals surface area contributed by atoms with E-state index in [1.165, 1.54) is 6.42 Å². The molecule has 1 aliphatic carbocycles. The second-order valence-electron chi connectivity index (χ2n) is 6.78. The summed E-state index contributed by atoms with van der Waals surface area (Å²) in [7, 11) is 0. The van der Waals surface area contributed by atoms with Crippen LogP contribution in [0.15, 0.2) is 30.5 Å². The Bertz CT molecular complexity index is 699. The molecule has 1 unspecified atom stereocenters. The van der Waals surface area contributed by atoms with E-state index in [1.807, 2.05) is 25.1 Å². The summed E-state index contributed by atoms with van der Waals surface area (Å²) in [6.07, 6.45) is 6.78. The van der Waals surface area contributed by atoms with Gasteiger partial charge in [-0.1, -0.05) is 6.07 Å². The van der Waals surface area contributed by atoms with Gasteiger partial charge in [-0.15, -0.1) is 0 Å². The molecule has 3 heterocycles. The van der Waals surface area contributed by atoms with Gasteiger partial charge in [-0.05, 0) is 51.2 Å². The van der Waals surface area contributed by atoms with Gasteiger partial charge >= 0.3 is 0 Å². The van der Waals surface area contributed by atoms with Crippen molar-refractivity contribution in [3.05, 3.63) is 36.2 Å². The molecule has 5 heteroatoms. The summed E-state index contributed by atoms with van der Waals surface area (Å²) in [5.41, 5.74) is 1.85. The van der Waals surface area contributed by atoms with Gasteiger partial charge in [0.1, 0.15) is 11.5 Å². The van der Waals surface area contributed by atoms with Crippen molar-refractivity contribution < 1.29 is 5.11 Å². The summed E-state index contributed by atoms with van der Waals surface area (Å²) in [6, 6.07) is 7.86. The van der Waals surface area contributed by atoms with Crippen molar-refractivity contribution >= 4 is 5.82 Å². The highest BCUT2D eigenvalue weighted by atomic mass is 16.3. The van der Waals surface area contributed by atoms with Crippen LogP contribution >= 0.6 is 0 Å². The molecule has 2 fully saturated rings. The molecule has 0 radical (unpaired) electrons. The first-order valence-corrected chi connectivity index (χ1v) is 8.39. The summed E-state index contributed by atoms with van der Waals surface area (Å²) >= 11 is 0. The van der Waals surface area contributed by atoms with Crippen molar-refractivity contribution in [2.75, 3.05) is 11.4 Å². The molecular weight excluding hydrogens is 288 g/mol. The molecule has 2 aromatic rings. The molecule has 2 aromatic heterocycles. The Balaban J connectivity index is 1.73. The van der Waals surface area contributed by atoms with Crippen LogP contribution in [0, 0.1) is 6.92 Å². The maximum absolute atomic E-state index is 10.1.